The number of nitrogens with one attached hydrogen (secondary N) is 2. The van der Waals surface area contributed by atoms with Crippen LogP contribution in [-0.4, -0.2) is 21.5 Å². The van der Waals surface area contributed by atoms with Crippen LogP contribution in [0.1, 0.15) is 31.2 Å². The van der Waals surface area contributed by atoms with Crippen molar-refractivity contribution in [2.24, 2.45) is 0 Å². The number of nitrogens with zero attached hydrogens (tertiary/aromatic N) is 2. The van der Waals surface area contributed by atoms with Gasteiger partial charge < -0.3 is 10.6 Å². The van der Waals surface area contributed by atoms with Crippen LogP contribution < -0.4 is 16.3 Å². The van der Waals surface area contributed by atoms with Crippen molar-refractivity contribution >= 4 is 28.3 Å². The number of carbonyl (C=O) groups excluding carboxylic acids is 1. The third-order valence-electron chi connectivity index (χ3n) is 5.22. The minimum Gasteiger partial charge on any atom is -0.367 e. The zero-order valence-corrected chi connectivity index (χ0v) is 15.9. The third kappa shape index (κ3) is 3.91. The summed E-state index contributed by atoms with van der Waals surface area (Å²) in [7, 11) is 0. The van der Waals surface area contributed by atoms with Crippen LogP contribution >= 0.6 is 0 Å². The number of fused-ring (bicyclic) bond motifs is 1. The zero-order chi connectivity index (χ0) is 19.5. The molecule has 1 heterocycles. The number of rotatable bonds is 5. The van der Waals surface area contributed by atoms with E-state index >= 15 is 0 Å². The van der Waals surface area contributed by atoms with Crippen LogP contribution in [0.3, 0.4) is 0 Å². The molecule has 2 N–H and O–H groups in total. The van der Waals surface area contributed by atoms with Gasteiger partial charge in [0.2, 0.25) is 5.91 Å². The quantitative estimate of drug-likeness (QED) is 0.712. The second kappa shape index (κ2) is 7.84. The predicted octanol–water partition coefficient (Wildman–Crippen LogP) is 3.70. The summed E-state index contributed by atoms with van der Waals surface area (Å²) in [4.78, 5) is 29.5. The molecule has 0 saturated heterocycles. The first-order chi connectivity index (χ1) is 13.6. The lowest BCUT2D eigenvalue weighted by Gasteiger charge is -2.17. The Labute approximate surface area is 163 Å². The van der Waals surface area contributed by atoms with E-state index in [1.54, 1.807) is 0 Å². The van der Waals surface area contributed by atoms with E-state index < -0.39 is 5.69 Å². The Kier molecular flexibility index (Phi) is 5.10. The molecular formula is C22H24N4O2. The smallest absolute Gasteiger partial charge is 0.350 e. The summed E-state index contributed by atoms with van der Waals surface area (Å²) in [6.45, 7) is 1.91. The molecule has 1 aliphatic carbocycles. The standard InChI is InChI=1S/C22H24N4O2/c1-15-10-12-17(13-11-15)23-20(27)14-26-19-9-5-4-8-18(19)21(25-22(26)28)24-16-6-2-3-7-16/h4-5,8-13,16H,2-3,6-7,14H2,1H3,(H,23,27)(H,24,25,28). The Balaban J connectivity index is 1.61. The van der Waals surface area contributed by atoms with E-state index in [1.165, 1.54) is 17.4 Å². The largest absolute Gasteiger partial charge is 0.367 e. The van der Waals surface area contributed by atoms with Gasteiger partial charge in [-0.15, -0.1) is 0 Å². The highest BCUT2D eigenvalue weighted by atomic mass is 16.2. The van der Waals surface area contributed by atoms with Crippen molar-refractivity contribution in [1.82, 2.24) is 9.55 Å². The molecule has 4 rings (SSSR count). The van der Waals surface area contributed by atoms with E-state index in [2.05, 4.69) is 15.6 Å². The van der Waals surface area contributed by atoms with Crippen molar-refractivity contribution in [3.8, 4) is 0 Å². The second-order valence-corrected chi connectivity index (χ2v) is 7.39. The number of aryl methyl sites for hydroxylation is 1. The highest BCUT2D eigenvalue weighted by Gasteiger charge is 2.18. The number of hydrogen-bond acceptors (Lipinski definition) is 4. The van der Waals surface area contributed by atoms with Gasteiger partial charge in [0.15, 0.2) is 0 Å². The van der Waals surface area contributed by atoms with Gasteiger partial charge in [0, 0.05) is 17.1 Å². The molecule has 1 aromatic heterocycles. The van der Waals surface area contributed by atoms with Crippen molar-refractivity contribution in [2.45, 2.75) is 45.2 Å². The monoisotopic (exact) mass is 376 g/mol. The summed E-state index contributed by atoms with van der Waals surface area (Å²) in [5.74, 6) is 0.358. The molecule has 6 nitrogen and oxygen atoms in total. The lowest BCUT2D eigenvalue weighted by atomic mass is 10.2. The van der Waals surface area contributed by atoms with E-state index in [-0.39, 0.29) is 12.5 Å². The Morgan fingerprint density at radius 1 is 1.11 bits per heavy atom. The van der Waals surface area contributed by atoms with Crippen molar-refractivity contribution in [3.05, 3.63) is 64.6 Å². The van der Waals surface area contributed by atoms with Crippen LogP contribution in [0.5, 0.6) is 0 Å². The van der Waals surface area contributed by atoms with Crippen LogP contribution in [0.4, 0.5) is 11.5 Å². The first-order valence-electron chi connectivity index (χ1n) is 9.73. The summed E-state index contributed by atoms with van der Waals surface area (Å²) < 4.78 is 1.43. The summed E-state index contributed by atoms with van der Waals surface area (Å²) in [6, 6.07) is 15.5. The molecule has 1 amide bonds. The van der Waals surface area contributed by atoms with E-state index in [4.69, 9.17) is 0 Å². The number of carbonyl (C=O) groups is 1. The van der Waals surface area contributed by atoms with E-state index in [0.717, 1.165) is 23.8 Å². The van der Waals surface area contributed by atoms with Crippen molar-refractivity contribution in [2.75, 3.05) is 10.6 Å². The minimum absolute atomic E-state index is 0.0794. The third-order valence-corrected chi connectivity index (χ3v) is 5.22. The Bertz CT molecular complexity index is 1050. The van der Waals surface area contributed by atoms with Crippen LogP contribution in [0, 0.1) is 6.92 Å². The Hall–Kier alpha value is -3.15. The Morgan fingerprint density at radius 3 is 2.57 bits per heavy atom. The average molecular weight is 376 g/mol. The number of amides is 1. The SMILES string of the molecule is Cc1ccc(NC(=O)Cn2c(=O)nc(NC3CCCC3)c3ccccc32)cc1. The van der Waals surface area contributed by atoms with Gasteiger partial charge >= 0.3 is 5.69 Å². The summed E-state index contributed by atoms with van der Waals surface area (Å²) in [6.07, 6.45) is 4.59. The van der Waals surface area contributed by atoms with Crippen LogP contribution in [0.25, 0.3) is 10.9 Å². The molecule has 0 unspecified atom stereocenters. The number of para-hydroxylation sites is 1. The molecular weight excluding hydrogens is 352 g/mol. The average Bonchev–Trinajstić information content (AvgIpc) is 3.20. The fraction of sp³-hybridized carbons (Fsp3) is 0.318. The highest BCUT2D eigenvalue weighted by Crippen LogP contribution is 2.25. The minimum atomic E-state index is -0.418. The molecule has 1 fully saturated rings. The molecule has 0 spiro atoms. The summed E-state index contributed by atoms with van der Waals surface area (Å²) >= 11 is 0. The second-order valence-electron chi connectivity index (χ2n) is 7.39. The fourth-order valence-corrected chi connectivity index (χ4v) is 3.74. The lowest BCUT2D eigenvalue weighted by Crippen LogP contribution is -2.31. The van der Waals surface area contributed by atoms with Gasteiger partial charge in [-0.05, 0) is 44.0 Å². The van der Waals surface area contributed by atoms with Crippen LogP contribution in [0.15, 0.2) is 53.3 Å². The molecule has 1 aliphatic rings. The van der Waals surface area contributed by atoms with Gasteiger partial charge in [0.1, 0.15) is 12.4 Å². The maximum Gasteiger partial charge on any atom is 0.350 e. The maximum atomic E-state index is 12.7. The summed E-state index contributed by atoms with van der Waals surface area (Å²) in [5.41, 5.74) is 2.12. The molecule has 28 heavy (non-hydrogen) atoms. The van der Waals surface area contributed by atoms with Crippen molar-refractivity contribution < 1.29 is 4.79 Å². The number of benzene rings is 2. The topological polar surface area (TPSA) is 76.0 Å². The fourth-order valence-electron chi connectivity index (χ4n) is 3.74. The van der Waals surface area contributed by atoms with Crippen LogP contribution in [0.2, 0.25) is 0 Å². The molecule has 0 bridgehead atoms. The number of hydrogen-bond donors (Lipinski definition) is 2. The molecule has 1 saturated carbocycles. The van der Waals surface area contributed by atoms with Crippen LogP contribution in [-0.2, 0) is 11.3 Å². The molecule has 2 aromatic carbocycles. The van der Waals surface area contributed by atoms with E-state index in [9.17, 15) is 9.59 Å². The van der Waals surface area contributed by atoms with Gasteiger partial charge in [-0.3, -0.25) is 9.36 Å². The first-order valence-corrected chi connectivity index (χ1v) is 9.73. The maximum absolute atomic E-state index is 12.7. The number of anilines is 2. The highest BCUT2D eigenvalue weighted by molar-refractivity contribution is 5.93. The zero-order valence-electron chi connectivity index (χ0n) is 15.9. The van der Waals surface area contributed by atoms with E-state index in [0.29, 0.717) is 23.1 Å². The molecule has 0 atom stereocenters. The normalized spacial score (nSPS) is 14.3. The molecule has 0 radical (unpaired) electrons. The first kappa shape index (κ1) is 18.2. The van der Waals surface area contributed by atoms with Gasteiger partial charge in [-0.1, -0.05) is 42.7 Å². The van der Waals surface area contributed by atoms with Gasteiger partial charge in [-0.2, -0.15) is 4.98 Å². The van der Waals surface area contributed by atoms with Gasteiger partial charge in [0.25, 0.3) is 0 Å². The lowest BCUT2D eigenvalue weighted by molar-refractivity contribution is -0.116. The molecule has 3 aromatic rings. The molecule has 6 heteroatoms. The van der Waals surface area contributed by atoms with Gasteiger partial charge in [0.05, 0.1) is 5.52 Å². The van der Waals surface area contributed by atoms with Gasteiger partial charge in [-0.25, -0.2) is 4.79 Å². The molecule has 0 aliphatic heterocycles. The number of aromatic nitrogens is 2. The predicted molar refractivity (Wildman–Crippen MR) is 112 cm³/mol. The van der Waals surface area contributed by atoms with Crippen molar-refractivity contribution in [3.63, 3.8) is 0 Å². The Morgan fingerprint density at radius 2 is 1.82 bits per heavy atom. The molecule has 144 valence electrons. The van der Waals surface area contributed by atoms with Crippen molar-refractivity contribution in [1.29, 1.82) is 0 Å². The summed E-state index contributed by atoms with van der Waals surface area (Å²) in [5, 5.41) is 7.12. The van der Waals surface area contributed by atoms with E-state index in [1.807, 2.05) is 55.5 Å².